The predicted molar refractivity (Wildman–Crippen MR) is 88.7 cm³/mol. The first kappa shape index (κ1) is 15.5. The largest absolute Gasteiger partial charge is 0.454 e. The summed E-state index contributed by atoms with van der Waals surface area (Å²) in [7, 11) is 1.93. The van der Waals surface area contributed by atoms with Crippen molar-refractivity contribution in [1.29, 1.82) is 0 Å². The van der Waals surface area contributed by atoms with E-state index in [1.54, 1.807) is 6.20 Å². The summed E-state index contributed by atoms with van der Waals surface area (Å²) in [5.41, 5.74) is 1.24. The number of hydrogen-bond acceptors (Lipinski definition) is 5. The van der Waals surface area contributed by atoms with Gasteiger partial charge in [0.15, 0.2) is 11.5 Å². The number of hydrogen-bond donors (Lipinski definition) is 1. The van der Waals surface area contributed by atoms with E-state index in [2.05, 4.69) is 22.0 Å². The topological polar surface area (TPSA) is 59.8 Å². The Bertz CT molecular complexity index is 707. The molecule has 1 aromatic carbocycles. The fraction of sp³-hybridized carbons (Fsp3) is 0.500. The molecule has 0 spiro atoms. The third kappa shape index (κ3) is 2.99. The van der Waals surface area contributed by atoms with Crippen LogP contribution in [-0.4, -0.2) is 39.4 Å². The first-order chi connectivity index (χ1) is 11.7. The van der Waals surface area contributed by atoms with Crippen LogP contribution in [-0.2, 0) is 13.6 Å². The molecule has 2 aliphatic rings. The molecule has 128 valence electrons. The summed E-state index contributed by atoms with van der Waals surface area (Å²) in [5, 5.41) is 10.6. The lowest BCUT2D eigenvalue weighted by molar-refractivity contribution is 0.0492. The summed E-state index contributed by atoms with van der Waals surface area (Å²) in [6.07, 6.45) is 5.12. The van der Waals surface area contributed by atoms with Crippen molar-refractivity contribution < 1.29 is 14.6 Å². The molecule has 1 saturated heterocycles. The van der Waals surface area contributed by atoms with Gasteiger partial charge in [0.2, 0.25) is 6.79 Å². The minimum atomic E-state index is -0.474. The number of imidazole rings is 1. The molecular formula is C18H23N3O3. The maximum Gasteiger partial charge on any atom is 0.231 e. The van der Waals surface area contributed by atoms with Crippen molar-refractivity contribution in [1.82, 2.24) is 14.5 Å². The van der Waals surface area contributed by atoms with E-state index in [1.165, 1.54) is 5.56 Å². The van der Waals surface area contributed by atoms with Gasteiger partial charge < -0.3 is 19.1 Å². The van der Waals surface area contributed by atoms with Crippen molar-refractivity contribution in [2.24, 2.45) is 13.0 Å². The molecule has 0 amide bonds. The highest BCUT2D eigenvalue weighted by atomic mass is 16.7. The minimum Gasteiger partial charge on any atom is -0.454 e. The quantitative estimate of drug-likeness (QED) is 0.931. The summed E-state index contributed by atoms with van der Waals surface area (Å²) in [6, 6.07) is 6.15. The van der Waals surface area contributed by atoms with Gasteiger partial charge in [0.25, 0.3) is 0 Å². The molecule has 1 N–H and O–H groups in total. The average Bonchev–Trinajstić information content (AvgIpc) is 3.23. The first-order valence-corrected chi connectivity index (χ1v) is 8.47. The van der Waals surface area contributed by atoms with Crippen molar-refractivity contribution in [2.45, 2.75) is 25.5 Å². The van der Waals surface area contributed by atoms with Crippen LogP contribution in [0.25, 0.3) is 0 Å². The molecule has 2 aliphatic heterocycles. The fourth-order valence-corrected chi connectivity index (χ4v) is 3.60. The standard InChI is InChI=1S/C18H23N3O3/c1-20-9-6-19-18(20)17(22)14-4-7-21(8-5-14)11-13-2-3-15-16(10-13)24-12-23-15/h2-3,6,9-10,14,17,22H,4-5,7-8,11-12H2,1H3. The Morgan fingerprint density at radius 3 is 2.79 bits per heavy atom. The number of likely N-dealkylation sites (tertiary alicyclic amines) is 1. The van der Waals surface area contributed by atoms with E-state index in [9.17, 15) is 5.11 Å². The predicted octanol–water partition coefficient (Wildman–Crippen LogP) is 2.09. The van der Waals surface area contributed by atoms with Crippen LogP contribution in [0.4, 0.5) is 0 Å². The van der Waals surface area contributed by atoms with Gasteiger partial charge in [-0.3, -0.25) is 4.90 Å². The molecule has 1 fully saturated rings. The van der Waals surface area contributed by atoms with Gasteiger partial charge in [-0.15, -0.1) is 0 Å². The molecule has 1 unspecified atom stereocenters. The normalized spacial score (nSPS) is 19.6. The number of fused-ring (bicyclic) bond motifs is 1. The lowest BCUT2D eigenvalue weighted by Crippen LogP contribution is -2.35. The second-order valence-electron chi connectivity index (χ2n) is 6.64. The summed E-state index contributed by atoms with van der Waals surface area (Å²) in [6.45, 7) is 3.19. The average molecular weight is 329 g/mol. The van der Waals surface area contributed by atoms with E-state index < -0.39 is 6.10 Å². The Labute approximate surface area is 141 Å². The van der Waals surface area contributed by atoms with Crippen LogP contribution in [0.15, 0.2) is 30.6 Å². The van der Waals surface area contributed by atoms with E-state index in [1.807, 2.05) is 23.9 Å². The van der Waals surface area contributed by atoms with Gasteiger partial charge in [-0.2, -0.15) is 0 Å². The van der Waals surface area contributed by atoms with Crippen LogP contribution < -0.4 is 9.47 Å². The maximum atomic E-state index is 10.6. The van der Waals surface area contributed by atoms with Gasteiger partial charge in [0.05, 0.1) is 0 Å². The summed E-state index contributed by atoms with van der Waals surface area (Å²) in [4.78, 5) is 6.71. The summed E-state index contributed by atoms with van der Waals surface area (Å²) < 4.78 is 12.7. The Hall–Kier alpha value is -2.05. The van der Waals surface area contributed by atoms with Gasteiger partial charge in [-0.1, -0.05) is 6.07 Å². The van der Waals surface area contributed by atoms with Crippen molar-refractivity contribution in [3.8, 4) is 11.5 Å². The highest BCUT2D eigenvalue weighted by molar-refractivity contribution is 5.44. The zero-order valence-electron chi connectivity index (χ0n) is 13.9. The second-order valence-corrected chi connectivity index (χ2v) is 6.64. The van der Waals surface area contributed by atoms with Gasteiger partial charge in [0.1, 0.15) is 11.9 Å². The van der Waals surface area contributed by atoms with E-state index in [-0.39, 0.29) is 5.92 Å². The Morgan fingerprint density at radius 2 is 2.04 bits per heavy atom. The molecule has 0 bridgehead atoms. The Balaban J connectivity index is 1.34. The smallest absolute Gasteiger partial charge is 0.231 e. The molecule has 3 heterocycles. The van der Waals surface area contributed by atoms with E-state index >= 15 is 0 Å². The van der Waals surface area contributed by atoms with E-state index in [0.717, 1.165) is 49.8 Å². The highest BCUT2D eigenvalue weighted by Crippen LogP contribution is 2.34. The summed E-state index contributed by atoms with van der Waals surface area (Å²) >= 11 is 0. The van der Waals surface area contributed by atoms with Crippen LogP contribution in [0, 0.1) is 5.92 Å². The van der Waals surface area contributed by atoms with Gasteiger partial charge >= 0.3 is 0 Å². The van der Waals surface area contributed by atoms with Gasteiger partial charge in [-0.25, -0.2) is 4.98 Å². The van der Waals surface area contributed by atoms with Crippen LogP contribution in [0.1, 0.15) is 30.3 Å². The van der Waals surface area contributed by atoms with Crippen molar-refractivity contribution >= 4 is 0 Å². The van der Waals surface area contributed by atoms with Crippen molar-refractivity contribution in [3.05, 3.63) is 42.0 Å². The summed E-state index contributed by atoms with van der Waals surface area (Å²) in [5.74, 6) is 2.71. The van der Waals surface area contributed by atoms with Gasteiger partial charge in [0, 0.05) is 26.0 Å². The third-order valence-electron chi connectivity index (χ3n) is 5.04. The zero-order chi connectivity index (χ0) is 16.5. The number of benzene rings is 1. The minimum absolute atomic E-state index is 0.277. The van der Waals surface area contributed by atoms with Crippen LogP contribution in [0.3, 0.4) is 0 Å². The Morgan fingerprint density at radius 1 is 1.25 bits per heavy atom. The lowest BCUT2D eigenvalue weighted by Gasteiger charge is -2.34. The molecule has 0 saturated carbocycles. The molecule has 1 aromatic heterocycles. The Kier molecular flexibility index (Phi) is 4.16. The van der Waals surface area contributed by atoms with E-state index in [0.29, 0.717) is 6.79 Å². The molecular weight excluding hydrogens is 306 g/mol. The number of rotatable bonds is 4. The molecule has 6 nitrogen and oxygen atoms in total. The van der Waals surface area contributed by atoms with Gasteiger partial charge in [-0.05, 0) is 49.5 Å². The zero-order valence-corrected chi connectivity index (χ0v) is 13.9. The number of aliphatic hydroxyl groups is 1. The number of piperidine rings is 1. The van der Waals surface area contributed by atoms with Crippen LogP contribution in [0.5, 0.6) is 11.5 Å². The molecule has 0 aliphatic carbocycles. The number of aromatic nitrogens is 2. The van der Waals surface area contributed by atoms with Crippen LogP contribution in [0.2, 0.25) is 0 Å². The number of ether oxygens (including phenoxy) is 2. The molecule has 6 heteroatoms. The number of aryl methyl sites for hydroxylation is 1. The molecule has 0 radical (unpaired) electrons. The molecule has 24 heavy (non-hydrogen) atoms. The van der Waals surface area contributed by atoms with E-state index in [4.69, 9.17) is 9.47 Å². The van der Waals surface area contributed by atoms with Crippen molar-refractivity contribution in [2.75, 3.05) is 19.9 Å². The first-order valence-electron chi connectivity index (χ1n) is 8.47. The fourth-order valence-electron chi connectivity index (χ4n) is 3.60. The lowest BCUT2D eigenvalue weighted by atomic mass is 9.90. The molecule has 2 aromatic rings. The second kappa shape index (κ2) is 6.45. The molecule has 4 rings (SSSR count). The third-order valence-corrected chi connectivity index (χ3v) is 5.04. The molecule has 1 atom stereocenters. The SMILES string of the molecule is Cn1ccnc1C(O)C1CCN(Cc2ccc3c(c2)OCO3)CC1. The number of aliphatic hydroxyl groups excluding tert-OH is 1. The highest BCUT2D eigenvalue weighted by Gasteiger charge is 2.28. The maximum absolute atomic E-state index is 10.6. The van der Waals surface area contributed by atoms with Crippen LogP contribution >= 0.6 is 0 Å². The monoisotopic (exact) mass is 329 g/mol. The van der Waals surface area contributed by atoms with Crippen molar-refractivity contribution in [3.63, 3.8) is 0 Å². The number of nitrogens with zero attached hydrogens (tertiary/aromatic N) is 3.